The van der Waals surface area contributed by atoms with Crippen LogP contribution in [0.5, 0.6) is 17.2 Å². The molecule has 0 spiro atoms. The molecule has 4 rings (SSSR count). The maximum atomic E-state index is 15.2. The van der Waals surface area contributed by atoms with Crippen molar-refractivity contribution in [2.45, 2.75) is 6.42 Å². The molecule has 0 bridgehead atoms. The molecule has 0 saturated heterocycles. The van der Waals surface area contributed by atoms with Crippen molar-refractivity contribution in [3.63, 3.8) is 0 Å². The molecule has 0 aliphatic heterocycles. The maximum Gasteiger partial charge on any atom is 0.247 e. The molecule has 4 aromatic rings. The second kappa shape index (κ2) is 9.27. The molecular formula is C23H14Cl2FN3O3. The summed E-state index contributed by atoms with van der Waals surface area (Å²) >= 11 is 12.1. The Morgan fingerprint density at radius 2 is 1.81 bits per heavy atom. The quantitative estimate of drug-likeness (QED) is 0.322. The summed E-state index contributed by atoms with van der Waals surface area (Å²) in [5, 5.41) is 17.5. The molecule has 0 aliphatic carbocycles. The summed E-state index contributed by atoms with van der Waals surface area (Å²) in [6.45, 7) is 0. The van der Waals surface area contributed by atoms with Crippen LogP contribution in [0.25, 0.3) is 11.5 Å². The number of halogens is 3. The molecule has 0 aliphatic rings. The van der Waals surface area contributed by atoms with Crippen LogP contribution in [0.3, 0.4) is 0 Å². The van der Waals surface area contributed by atoms with Crippen LogP contribution in [-0.2, 0) is 6.42 Å². The summed E-state index contributed by atoms with van der Waals surface area (Å²) in [6, 6.07) is 16.5. The number of hydrogen-bond donors (Lipinski definition) is 0. The first-order valence-corrected chi connectivity index (χ1v) is 10.0. The smallest absolute Gasteiger partial charge is 0.247 e. The van der Waals surface area contributed by atoms with Crippen molar-refractivity contribution >= 4 is 23.2 Å². The van der Waals surface area contributed by atoms with Gasteiger partial charge in [-0.05, 0) is 48.5 Å². The zero-order valence-electron chi connectivity index (χ0n) is 16.6. The average molecular weight is 470 g/mol. The van der Waals surface area contributed by atoms with E-state index in [1.54, 1.807) is 31.4 Å². The van der Waals surface area contributed by atoms with Gasteiger partial charge in [-0.15, -0.1) is 10.2 Å². The Morgan fingerprint density at radius 1 is 1.03 bits per heavy atom. The van der Waals surface area contributed by atoms with Gasteiger partial charge in [-0.2, -0.15) is 5.26 Å². The summed E-state index contributed by atoms with van der Waals surface area (Å²) in [5.74, 6) is 0.539. The normalized spacial score (nSPS) is 10.6. The number of aromatic nitrogens is 2. The van der Waals surface area contributed by atoms with E-state index in [0.29, 0.717) is 17.2 Å². The van der Waals surface area contributed by atoms with Crippen molar-refractivity contribution in [3.8, 4) is 34.8 Å². The molecular weight excluding hydrogens is 456 g/mol. The first kappa shape index (κ1) is 21.6. The number of rotatable bonds is 6. The molecule has 1 heterocycles. The van der Waals surface area contributed by atoms with Crippen LogP contribution in [0.1, 0.15) is 17.0 Å². The van der Waals surface area contributed by atoms with Crippen molar-refractivity contribution < 1.29 is 18.3 Å². The number of nitrogens with zero attached hydrogens (tertiary/aromatic N) is 3. The number of hydrogen-bond acceptors (Lipinski definition) is 6. The van der Waals surface area contributed by atoms with E-state index in [9.17, 15) is 0 Å². The Bertz CT molecular complexity index is 1320. The lowest BCUT2D eigenvalue weighted by atomic mass is 10.1. The fourth-order valence-electron chi connectivity index (χ4n) is 2.95. The third kappa shape index (κ3) is 4.67. The van der Waals surface area contributed by atoms with Crippen LogP contribution in [-0.4, -0.2) is 17.3 Å². The molecule has 0 unspecified atom stereocenters. The van der Waals surface area contributed by atoms with E-state index in [1.807, 2.05) is 6.07 Å². The molecule has 0 saturated carbocycles. The molecule has 0 radical (unpaired) electrons. The van der Waals surface area contributed by atoms with E-state index >= 15 is 4.39 Å². The van der Waals surface area contributed by atoms with Crippen LogP contribution in [0.4, 0.5) is 4.39 Å². The van der Waals surface area contributed by atoms with Crippen molar-refractivity contribution in [3.05, 3.63) is 87.5 Å². The Morgan fingerprint density at radius 3 is 2.53 bits per heavy atom. The van der Waals surface area contributed by atoms with Gasteiger partial charge in [0, 0.05) is 16.1 Å². The van der Waals surface area contributed by atoms with Crippen LogP contribution in [0.2, 0.25) is 10.0 Å². The van der Waals surface area contributed by atoms with Gasteiger partial charge in [-0.3, -0.25) is 0 Å². The highest BCUT2D eigenvalue weighted by Gasteiger charge is 2.18. The van der Waals surface area contributed by atoms with Crippen LogP contribution < -0.4 is 9.47 Å². The predicted molar refractivity (Wildman–Crippen MR) is 117 cm³/mol. The standard InChI is InChI=1S/C23H14Cl2FN3O3/c1-30-17-5-2-14(3-6-17)23-29-28-20(32-23)10-15-4-7-19(25)22(21(15)26)31-18-9-13(12-27)8-16(24)11-18/h2-9,11H,10H2,1H3. The monoisotopic (exact) mass is 469 g/mol. The summed E-state index contributed by atoms with van der Waals surface area (Å²) in [4.78, 5) is 0. The molecule has 9 heteroatoms. The first-order valence-electron chi connectivity index (χ1n) is 9.29. The van der Waals surface area contributed by atoms with Crippen LogP contribution in [0.15, 0.2) is 59.0 Å². The number of ether oxygens (including phenoxy) is 2. The van der Waals surface area contributed by atoms with Gasteiger partial charge in [-0.1, -0.05) is 29.3 Å². The van der Waals surface area contributed by atoms with Gasteiger partial charge < -0.3 is 13.9 Å². The molecule has 6 nitrogen and oxygen atoms in total. The summed E-state index contributed by atoms with van der Waals surface area (Å²) < 4.78 is 31.6. The Kier molecular flexibility index (Phi) is 6.26. The van der Waals surface area contributed by atoms with Gasteiger partial charge in [0.15, 0.2) is 11.6 Å². The second-order valence-electron chi connectivity index (χ2n) is 6.65. The van der Waals surface area contributed by atoms with E-state index in [4.69, 9.17) is 42.4 Å². The lowest BCUT2D eigenvalue weighted by molar-refractivity contribution is 0.415. The van der Waals surface area contributed by atoms with Gasteiger partial charge >= 0.3 is 0 Å². The minimum absolute atomic E-state index is 0.0293. The molecule has 3 aromatic carbocycles. The molecule has 32 heavy (non-hydrogen) atoms. The predicted octanol–water partition coefficient (Wildman–Crippen LogP) is 6.45. The van der Waals surface area contributed by atoms with E-state index in [2.05, 4.69) is 10.2 Å². The lowest BCUT2D eigenvalue weighted by Gasteiger charge is -2.11. The van der Waals surface area contributed by atoms with E-state index in [0.717, 1.165) is 0 Å². The molecule has 0 N–H and O–H groups in total. The van der Waals surface area contributed by atoms with Crippen molar-refractivity contribution in [2.24, 2.45) is 0 Å². The zero-order valence-corrected chi connectivity index (χ0v) is 18.1. The largest absolute Gasteiger partial charge is 0.497 e. The third-order valence-corrected chi connectivity index (χ3v) is 5.01. The van der Waals surface area contributed by atoms with Crippen molar-refractivity contribution in [1.82, 2.24) is 10.2 Å². The molecule has 0 atom stereocenters. The maximum absolute atomic E-state index is 15.2. The molecule has 160 valence electrons. The van der Waals surface area contributed by atoms with Crippen molar-refractivity contribution in [1.29, 1.82) is 5.26 Å². The van der Waals surface area contributed by atoms with Gasteiger partial charge in [0.1, 0.15) is 11.5 Å². The third-order valence-electron chi connectivity index (χ3n) is 4.49. The lowest BCUT2D eigenvalue weighted by Crippen LogP contribution is -1.98. The number of benzene rings is 3. The summed E-state index contributed by atoms with van der Waals surface area (Å²) in [5.41, 5.74) is 1.23. The van der Waals surface area contributed by atoms with Gasteiger partial charge in [0.2, 0.25) is 11.8 Å². The SMILES string of the molecule is COc1ccc(-c2nnc(Cc3ccc(Cl)c(Oc4cc(Cl)cc(C#N)c4)c3F)o2)cc1. The first-order chi connectivity index (χ1) is 15.5. The van der Waals surface area contributed by atoms with Gasteiger partial charge in [0.25, 0.3) is 0 Å². The highest BCUT2D eigenvalue weighted by molar-refractivity contribution is 6.32. The average Bonchev–Trinajstić information content (AvgIpc) is 3.27. The fourth-order valence-corrected chi connectivity index (χ4v) is 3.36. The number of nitriles is 1. The number of methoxy groups -OCH3 is 1. The van der Waals surface area contributed by atoms with Crippen LogP contribution >= 0.6 is 23.2 Å². The van der Waals surface area contributed by atoms with E-state index in [-0.39, 0.29) is 45.0 Å². The summed E-state index contributed by atoms with van der Waals surface area (Å²) in [6.07, 6.45) is 0.0293. The second-order valence-corrected chi connectivity index (χ2v) is 7.49. The zero-order chi connectivity index (χ0) is 22.7. The highest BCUT2D eigenvalue weighted by atomic mass is 35.5. The molecule has 0 amide bonds. The highest BCUT2D eigenvalue weighted by Crippen LogP contribution is 2.36. The Balaban J connectivity index is 1.58. The minimum atomic E-state index is -0.680. The van der Waals surface area contributed by atoms with E-state index < -0.39 is 5.82 Å². The Hall–Kier alpha value is -3.60. The summed E-state index contributed by atoms with van der Waals surface area (Å²) in [7, 11) is 1.58. The topological polar surface area (TPSA) is 81.2 Å². The van der Waals surface area contributed by atoms with Crippen molar-refractivity contribution in [2.75, 3.05) is 7.11 Å². The minimum Gasteiger partial charge on any atom is -0.497 e. The van der Waals surface area contributed by atoms with E-state index in [1.165, 1.54) is 30.3 Å². The fraction of sp³-hybridized carbons (Fsp3) is 0.0870. The Labute approximate surface area is 192 Å². The van der Waals surface area contributed by atoms with Gasteiger partial charge in [-0.25, -0.2) is 4.39 Å². The van der Waals surface area contributed by atoms with Crippen LogP contribution in [0, 0.1) is 17.1 Å². The van der Waals surface area contributed by atoms with Gasteiger partial charge in [0.05, 0.1) is 30.2 Å². The molecule has 0 fully saturated rings. The molecule has 1 aromatic heterocycles.